The first-order chi connectivity index (χ1) is 9.56. The molecule has 1 aromatic heterocycles. The van der Waals surface area contributed by atoms with Crippen LogP contribution in [0, 0.1) is 11.6 Å². The van der Waals surface area contributed by atoms with E-state index < -0.39 is 11.8 Å². The summed E-state index contributed by atoms with van der Waals surface area (Å²) in [5, 5.41) is 11.8. The van der Waals surface area contributed by atoms with Gasteiger partial charge in [0, 0.05) is 6.54 Å². The Balaban J connectivity index is 2.02. The maximum absolute atomic E-state index is 13.0. The molecule has 0 aliphatic heterocycles. The van der Waals surface area contributed by atoms with Gasteiger partial charge in [0.2, 0.25) is 0 Å². The summed E-state index contributed by atoms with van der Waals surface area (Å²) in [6.07, 6.45) is 1.44. The lowest BCUT2D eigenvalue weighted by atomic mass is 10.1. The maximum atomic E-state index is 13.0. The number of anilines is 1. The van der Waals surface area contributed by atoms with Gasteiger partial charge in [-0.05, 0) is 30.2 Å². The summed E-state index contributed by atoms with van der Waals surface area (Å²) in [5.41, 5.74) is 0.542. The van der Waals surface area contributed by atoms with Crippen molar-refractivity contribution >= 4 is 11.8 Å². The van der Waals surface area contributed by atoms with Crippen molar-refractivity contribution in [2.45, 2.75) is 6.42 Å². The van der Waals surface area contributed by atoms with E-state index in [0.29, 0.717) is 13.0 Å². The van der Waals surface area contributed by atoms with E-state index in [2.05, 4.69) is 10.3 Å². The van der Waals surface area contributed by atoms with Gasteiger partial charge in [-0.1, -0.05) is 12.1 Å². The molecule has 0 aliphatic rings. The van der Waals surface area contributed by atoms with Crippen LogP contribution >= 0.6 is 0 Å². The molecule has 0 bridgehead atoms. The van der Waals surface area contributed by atoms with Gasteiger partial charge in [-0.2, -0.15) is 0 Å². The molecule has 4 nitrogen and oxygen atoms in total. The molecule has 0 fully saturated rings. The number of hydrogen-bond acceptors (Lipinski definition) is 3. The third-order valence-electron chi connectivity index (χ3n) is 2.68. The first-order valence-electron chi connectivity index (χ1n) is 5.93. The summed E-state index contributed by atoms with van der Waals surface area (Å²) in [6.45, 7) is 0.363. The summed E-state index contributed by atoms with van der Waals surface area (Å²) < 4.78 is 25.9. The van der Waals surface area contributed by atoms with Crippen LogP contribution in [0.4, 0.5) is 14.6 Å². The van der Waals surface area contributed by atoms with E-state index in [1.54, 1.807) is 12.1 Å². The highest BCUT2D eigenvalue weighted by Crippen LogP contribution is 2.14. The number of carboxylic acids is 1. The highest BCUT2D eigenvalue weighted by molar-refractivity contribution is 5.93. The molecule has 0 saturated heterocycles. The minimum atomic E-state index is -1.26. The largest absolute Gasteiger partial charge is 0.478 e. The average molecular weight is 278 g/mol. The number of rotatable bonds is 5. The van der Waals surface area contributed by atoms with Crippen molar-refractivity contribution in [3.8, 4) is 0 Å². The Bertz CT molecular complexity index is 632. The Labute approximate surface area is 114 Å². The third kappa shape index (κ3) is 3.50. The minimum Gasteiger partial charge on any atom is -0.478 e. The monoisotopic (exact) mass is 278 g/mol. The van der Waals surface area contributed by atoms with E-state index in [1.165, 1.54) is 12.1 Å². The number of pyridine rings is 1. The second kappa shape index (κ2) is 6.10. The fourth-order valence-corrected chi connectivity index (χ4v) is 1.76. The van der Waals surface area contributed by atoms with E-state index in [4.69, 9.17) is 5.11 Å². The normalized spacial score (nSPS) is 10.3. The first kappa shape index (κ1) is 13.9. The number of carbonyl (C=O) groups is 1. The number of nitrogens with one attached hydrogen (secondary N) is 1. The van der Waals surface area contributed by atoms with E-state index in [9.17, 15) is 13.6 Å². The van der Waals surface area contributed by atoms with Crippen molar-refractivity contribution in [3.63, 3.8) is 0 Å². The molecule has 2 aromatic rings. The number of aromatic nitrogens is 1. The third-order valence-corrected chi connectivity index (χ3v) is 2.68. The molecule has 0 saturated carbocycles. The SMILES string of the molecule is O=C(O)c1cc(F)cnc1NCCc1cccc(F)c1. The Kier molecular flexibility index (Phi) is 4.24. The molecular formula is C14H12F2N2O2. The topological polar surface area (TPSA) is 62.2 Å². The van der Waals surface area contributed by atoms with Crippen LogP contribution in [0.5, 0.6) is 0 Å². The highest BCUT2D eigenvalue weighted by atomic mass is 19.1. The summed E-state index contributed by atoms with van der Waals surface area (Å²) in [7, 11) is 0. The summed E-state index contributed by atoms with van der Waals surface area (Å²) in [4.78, 5) is 14.7. The van der Waals surface area contributed by atoms with E-state index in [1.807, 2.05) is 0 Å². The molecule has 20 heavy (non-hydrogen) atoms. The zero-order valence-electron chi connectivity index (χ0n) is 10.4. The van der Waals surface area contributed by atoms with Gasteiger partial charge in [0.05, 0.1) is 6.20 Å². The van der Waals surface area contributed by atoms with Gasteiger partial charge in [-0.3, -0.25) is 0 Å². The molecule has 2 rings (SSSR count). The Morgan fingerprint density at radius 2 is 2.05 bits per heavy atom. The average Bonchev–Trinajstić information content (AvgIpc) is 2.40. The number of carboxylic acid groups (broad SMARTS) is 1. The Morgan fingerprint density at radius 3 is 2.75 bits per heavy atom. The summed E-state index contributed by atoms with van der Waals surface area (Å²) >= 11 is 0. The van der Waals surface area contributed by atoms with Gasteiger partial charge in [0.25, 0.3) is 0 Å². The molecule has 2 N–H and O–H groups in total. The standard InChI is InChI=1S/C14H12F2N2O2/c15-10-3-1-2-9(6-10)4-5-17-13-12(14(19)20)7-11(16)8-18-13/h1-3,6-8H,4-5H2,(H,17,18)(H,19,20). The molecule has 0 unspecified atom stereocenters. The number of halogens is 2. The molecule has 1 heterocycles. The lowest BCUT2D eigenvalue weighted by molar-refractivity contribution is 0.0697. The lowest BCUT2D eigenvalue weighted by Gasteiger charge is -2.08. The summed E-state index contributed by atoms with van der Waals surface area (Å²) in [6, 6.07) is 7.02. The van der Waals surface area contributed by atoms with Crippen LogP contribution < -0.4 is 5.32 Å². The Morgan fingerprint density at radius 1 is 1.25 bits per heavy atom. The van der Waals surface area contributed by atoms with Gasteiger partial charge in [-0.25, -0.2) is 18.6 Å². The maximum Gasteiger partial charge on any atom is 0.339 e. The van der Waals surface area contributed by atoms with Crippen LogP contribution in [0.3, 0.4) is 0 Å². The molecule has 1 aromatic carbocycles. The van der Waals surface area contributed by atoms with Crippen LogP contribution in [0.1, 0.15) is 15.9 Å². The fourth-order valence-electron chi connectivity index (χ4n) is 1.76. The van der Waals surface area contributed by atoms with Gasteiger partial charge in [0.15, 0.2) is 0 Å². The fraction of sp³-hybridized carbons (Fsp3) is 0.143. The zero-order chi connectivity index (χ0) is 14.5. The summed E-state index contributed by atoms with van der Waals surface area (Å²) in [5.74, 6) is -2.20. The van der Waals surface area contributed by atoms with Crippen LogP contribution in [0.2, 0.25) is 0 Å². The second-order valence-corrected chi connectivity index (χ2v) is 4.16. The van der Waals surface area contributed by atoms with Crippen molar-refractivity contribution in [1.82, 2.24) is 4.98 Å². The molecule has 104 valence electrons. The Hall–Kier alpha value is -2.50. The predicted molar refractivity (Wildman–Crippen MR) is 69.7 cm³/mol. The predicted octanol–water partition coefficient (Wildman–Crippen LogP) is 2.71. The van der Waals surface area contributed by atoms with Crippen LogP contribution in [-0.4, -0.2) is 22.6 Å². The van der Waals surface area contributed by atoms with E-state index in [0.717, 1.165) is 17.8 Å². The molecule has 0 atom stereocenters. The molecule has 6 heteroatoms. The number of nitrogens with zero attached hydrogens (tertiary/aromatic N) is 1. The van der Waals surface area contributed by atoms with Gasteiger partial charge < -0.3 is 10.4 Å². The smallest absolute Gasteiger partial charge is 0.339 e. The highest BCUT2D eigenvalue weighted by Gasteiger charge is 2.12. The van der Waals surface area contributed by atoms with Crippen LogP contribution in [-0.2, 0) is 6.42 Å². The van der Waals surface area contributed by atoms with Crippen LogP contribution in [0.15, 0.2) is 36.5 Å². The quantitative estimate of drug-likeness (QED) is 0.882. The molecule has 0 amide bonds. The molecule has 0 spiro atoms. The van der Waals surface area contributed by atoms with Crippen molar-refractivity contribution in [3.05, 3.63) is 59.3 Å². The van der Waals surface area contributed by atoms with Crippen molar-refractivity contribution in [1.29, 1.82) is 0 Å². The van der Waals surface area contributed by atoms with Crippen molar-refractivity contribution in [2.24, 2.45) is 0 Å². The molecule has 0 radical (unpaired) electrons. The number of aromatic carboxylic acids is 1. The minimum absolute atomic E-state index is 0.0929. The number of hydrogen-bond donors (Lipinski definition) is 2. The van der Waals surface area contributed by atoms with Gasteiger partial charge >= 0.3 is 5.97 Å². The van der Waals surface area contributed by atoms with Gasteiger partial charge in [-0.15, -0.1) is 0 Å². The second-order valence-electron chi connectivity index (χ2n) is 4.16. The zero-order valence-corrected chi connectivity index (χ0v) is 10.4. The van der Waals surface area contributed by atoms with Crippen LogP contribution in [0.25, 0.3) is 0 Å². The molecular weight excluding hydrogens is 266 g/mol. The lowest BCUT2D eigenvalue weighted by Crippen LogP contribution is -2.11. The van der Waals surface area contributed by atoms with E-state index in [-0.39, 0.29) is 17.2 Å². The van der Waals surface area contributed by atoms with Crippen molar-refractivity contribution < 1.29 is 18.7 Å². The van der Waals surface area contributed by atoms with Gasteiger partial charge in [0.1, 0.15) is 23.0 Å². The number of benzene rings is 1. The molecule has 0 aliphatic carbocycles. The first-order valence-corrected chi connectivity index (χ1v) is 5.93. The van der Waals surface area contributed by atoms with E-state index >= 15 is 0 Å². The van der Waals surface area contributed by atoms with Crippen molar-refractivity contribution in [2.75, 3.05) is 11.9 Å².